The normalized spacial score (nSPS) is 11.6. The van der Waals surface area contributed by atoms with Crippen LogP contribution in [0.4, 0.5) is 10.1 Å². The van der Waals surface area contributed by atoms with Gasteiger partial charge in [0.05, 0.1) is 22.1 Å². The van der Waals surface area contributed by atoms with E-state index in [1.165, 1.54) is 6.07 Å². The van der Waals surface area contributed by atoms with Crippen molar-refractivity contribution in [3.8, 4) is 0 Å². The number of anilines is 1. The average Bonchev–Trinajstić information content (AvgIpc) is 2.75. The molecule has 2 aromatic rings. The largest absolute Gasteiger partial charge is 0.314 e. The highest BCUT2D eigenvalue weighted by molar-refractivity contribution is 7.92. The van der Waals surface area contributed by atoms with Gasteiger partial charge in [0.15, 0.2) is 0 Å². The molecule has 0 saturated heterocycles. The molecule has 0 fully saturated rings. The first-order valence-electron chi connectivity index (χ1n) is 6.01. The molecule has 1 aromatic carbocycles. The van der Waals surface area contributed by atoms with Gasteiger partial charge >= 0.3 is 0 Å². The minimum atomic E-state index is -3.88. The molecule has 0 spiro atoms. The molecule has 21 heavy (non-hydrogen) atoms. The van der Waals surface area contributed by atoms with Gasteiger partial charge in [-0.25, -0.2) is 12.8 Å². The zero-order valence-corrected chi connectivity index (χ0v) is 12.9. The van der Waals surface area contributed by atoms with Crippen molar-refractivity contribution in [2.24, 2.45) is 0 Å². The van der Waals surface area contributed by atoms with Gasteiger partial charge in [0.25, 0.3) is 10.0 Å². The highest BCUT2D eigenvalue weighted by Crippen LogP contribution is 2.27. The Morgan fingerprint density at radius 3 is 2.76 bits per heavy atom. The number of aromatic nitrogens is 2. The van der Waals surface area contributed by atoms with Gasteiger partial charge in [-0.05, 0) is 32.2 Å². The second kappa shape index (κ2) is 6.00. The highest BCUT2D eigenvalue weighted by atomic mass is 35.5. The summed E-state index contributed by atoms with van der Waals surface area (Å²) < 4.78 is 40.3. The highest BCUT2D eigenvalue weighted by Gasteiger charge is 2.24. The number of nitrogens with zero attached hydrogens (tertiary/aromatic N) is 1. The number of benzene rings is 1. The summed E-state index contributed by atoms with van der Waals surface area (Å²) in [6.45, 7) is 1.89. The summed E-state index contributed by atoms with van der Waals surface area (Å²) in [6, 6.07) is 3.43. The molecule has 9 heteroatoms. The lowest BCUT2D eigenvalue weighted by Crippen LogP contribution is -2.17. The summed E-state index contributed by atoms with van der Waals surface area (Å²) in [6.07, 6.45) is 0. The second-order valence-electron chi connectivity index (χ2n) is 4.38. The lowest BCUT2D eigenvalue weighted by Gasteiger charge is -2.10. The van der Waals surface area contributed by atoms with E-state index < -0.39 is 15.8 Å². The van der Waals surface area contributed by atoms with E-state index in [4.69, 9.17) is 11.6 Å². The Hall–Kier alpha value is -1.64. The third-order valence-corrected chi connectivity index (χ3v) is 4.63. The first kappa shape index (κ1) is 15.7. The maximum absolute atomic E-state index is 13.0. The second-order valence-corrected chi connectivity index (χ2v) is 6.41. The van der Waals surface area contributed by atoms with Gasteiger partial charge < -0.3 is 5.32 Å². The van der Waals surface area contributed by atoms with Crippen molar-refractivity contribution in [3.05, 3.63) is 40.4 Å². The first-order chi connectivity index (χ1) is 9.85. The van der Waals surface area contributed by atoms with Crippen molar-refractivity contribution < 1.29 is 12.8 Å². The zero-order chi connectivity index (χ0) is 15.6. The number of hydrogen-bond acceptors (Lipinski definition) is 4. The van der Waals surface area contributed by atoms with Gasteiger partial charge in [-0.15, -0.1) is 0 Å². The molecule has 0 radical (unpaired) electrons. The Balaban J connectivity index is 2.41. The van der Waals surface area contributed by atoms with Gasteiger partial charge in [-0.3, -0.25) is 9.82 Å². The molecule has 2 rings (SSSR count). The Morgan fingerprint density at radius 2 is 2.14 bits per heavy atom. The van der Waals surface area contributed by atoms with E-state index >= 15 is 0 Å². The van der Waals surface area contributed by atoms with E-state index in [9.17, 15) is 12.8 Å². The molecular formula is C12H14ClFN4O2S. The molecular weight excluding hydrogens is 319 g/mol. The van der Waals surface area contributed by atoms with E-state index in [0.29, 0.717) is 11.4 Å². The van der Waals surface area contributed by atoms with Crippen LogP contribution in [0.25, 0.3) is 0 Å². The summed E-state index contributed by atoms with van der Waals surface area (Å²) in [7, 11) is -2.19. The Labute approximate surface area is 126 Å². The number of halogens is 2. The van der Waals surface area contributed by atoms with Crippen LogP contribution in [0.15, 0.2) is 23.1 Å². The molecule has 1 aromatic heterocycles. The maximum atomic E-state index is 13.0. The van der Waals surface area contributed by atoms with Gasteiger partial charge in [0, 0.05) is 6.54 Å². The lowest BCUT2D eigenvalue weighted by atomic mass is 10.3. The fourth-order valence-corrected chi connectivity index (χ4v) is 3.60. The average molecular weight is 333 g/mol. The van der Waals surface area contributed by atoms with E-state index in [2.05, 4.69) is 20.2 Å². The van der Waals surface area contributed by atoms with Gasteiger partial charge in [0.1, 0.15) is 10.7 Å². The molecule has 0 aliphatic carbocycles. The Bertz CT molecular complexity index is 761. The molecule has 6 nitrogen and oxygen atoms in total. The maximum Gasteiger partial charge on any atom is 0.265 e. The fraction of sp³-hybridized carbons (Fsp3) is 0.250. The third-order valence-electron chi connectivity index (χ3n) is 2.75. The van der Waals surface area contributed by atoms with E-state index in [-0.39, 0.29) is 22.2 Å². The van der Waals surface area contributed by atoms with Crippen LogP contribution >= 0.6 is 11.6 Å². The predicted molar refractivity (Wildman–Crippen MR) is 78.3 cm³/mol. The standard InChI is InChI=1S/C12H14ClFN4O2S/c1-7-12(11(6-15-2)17-16-7)21(19,20)18-10-4-3-8(14)5-9(10)13/h3-5,15,18H,6H2,1-2H3,(H,16,17). The molecule has 114 valence electrons. The number of nitrogens with one attached hydrogen (secondary N) is 3. The monoisotopic (exact) mass is 332 g/mol. The molecule has 0 bridgehead atoms. The smallest absolute Gasteiger partial charge is 0.265 e. The summed E-state index contributed by atoms with van der Waals surface area (Å²) in [5.41, 5.74) is 0.876. The molecule has 0 atom stereocenters. The van der Waals surface area contributed by atoms with Crippen LogP contribution in [0.5, 0.6) is 0 Å². The van der Waals surface area contributed by atoms with Crippen LogP contribution in [-0.4, -0.2) is 25.7 Å². The Morgan fingerprint density at radius 1 is 1.43 bits per heavy atom. The number of sulfonamides is 1. The topological polar surface area (TPSA) is 86.9 Å². The van der Waals surface area contributed by atoms with E-state index in [0.717, 1.165) is 12.1 Å². The molecule has 3 N–H and O–H groups in total. The number of rotatable bonds is 5. The minimum Gasteiger partial charge on any atom is -0.314 e. The van der Waals surface area contributed by atoms with Crippen LogP contribution in [0, 0.1) is 12.7 Å². The van der Waals surface area contributed by atoms with Crippen LogP contribution < -0.4 is 10.0 Å². The number of H-pyrrole nitrogens is 1. The van der Waals surface area contributed by atoms with Gasteiger partial charge in [-0.1, -0.05) is 11.6 Å². The van der Waals surface area contributed by atoms with Crippen LogP contribution in [-0.2, 0) is 16.6 Å². The van der Waals surface area contributed by atoms with E-state index in [1.54, 1.807) is 14.0 Å². The van der Waals surface area contributed by atoms with Crippen LogP contribution in [0.3, 0.4) is 0 Å². The first-order valence-corrected chi connectivity index (χ1v) is 7.87. The number of hydrogen-bond donors (Lipinski definition) is 3. The van der Waals surface area contributed by atoms with Crippen molar-refractivity contribution in [3.63, 3.8) is 0 Å². The molecule has 0 unspecified atom stereocenters. The quantitative estimate of drug-likeness (QED) is 0.782. The minimum absolute atomic E-state index is 0.0186. The van der Waals surface area contributed by atoms with Crippen molar-refractivity contribution in [2.75, 3.05) is 11.8 Å². The third kappa shape index (κ3) is 3.34. The van der Waals surface area contributed by atoms with Crippen LogP contribution in [0.2, 0.25) is 5.02 Å². The zero-order valence-electron chi connectivity index (χ0n) is 11.4. The van der Waals surface area contributed by atoms with Crippen molar-refractivity contribution in [1.29, 1.82) is 0 Å². The number of aryl methyl sites for hydroxylation is 1. The van der Waals surface area contributed by atoms with Crippen molar-refractivity contribution in [2.45, 2.75) is 18.4 Å². The van der Waals surface area contributed by atoms with Crippen molar-refractivity contribution in [1.82, 2.24) is 15.5 Å². The summed E-state index contributed by atoms with van der Waals surface area (Å²) in [5.74, 6) is -0.543. The van der Waals surface area contributed by atoms with Crippen molar-refractivity contribution >= 4 is 27.3 Å². The molecule has 0 amide bonds. The molecule has 1 heterocycles. The summed E-state index contributed by atoms with van der Waals surface area (Å²) in [4.78, 5) is 0.0530. The predicted octanol–water partition coefficient (Wildman–Crippen LogP) is 2.03. The van der Waals surface area contributed by atoms with Gasteiger partial charge in [0.2, 0.25) is 0 Å². The Kier molecular flexibility index (Phi) is 4.50. The SMILES string of the molecule is CNCc1n[nH]c(C)c1S(=O)(=O)Nc1ccc(F)cc1Cl. The van der Waals surface area contributed by atoms with Gasteiger partial charge in [-0.2, -0.15) is 5.10 Å². The molecule has 0 aliphatic rings. The van der Waals surface area contributed by atoms with Crippen LogP contribution in [0.1, 0.15) is 11.4 Å². The van der Waals surface area contributed by atoms with E-state index in [1.807, 2.05) is 0 Å². The lowest BCUT2D eigenvalue weighted by molar-refractivity contribution is 0.598. The molecule has 0 saturated carbocycles. The molecule has 0 aliphatic heterocycles. The fourth-order valence-electron chi connectivity index (χ4n) is 1.88. The number of aromatic amines is 1. The summed E-state index contributed by atoms with van der Waals surface area (Å²) in [5, 5.41) is 9.41. The summed E-state index contributed by atoms with van der Waals surface area (Å²) >= 11 is 5.83.